The highest BCUT2D eigenvalue weighted by Gasteiger charge is 2.25. The third-order valence-electron chi connectivity index (χ3n) is 6.83. The second-order valence-electron chi connectivity index (χ2n) is 9.44. The van der Waals surface area contributed by atoms with Gasteiger partial charge in [0.25, 0.3) is 5.69 Å². The second-order valence-corrected chi connectivity index (χ2v) is 9.44. The van der Waals surface area contributed by atoms with E-state index in [4.69, 9.17) is 0 Å². The van der Waals surface area contributed by atoms with Gasteiger partial charge in [0.15, 0.2) is 0 Å². The van der Waals surface area contributed by atoms with Crippen molar-refractivity contribution in [1.82, 2.24) is 4.90 Å². The summed E-state index contributed by atoms with van der Waals surface area (Å²) in [5.41, 5.74) is 4.18. The van der Waals surface area contributed by atoms with Crippen LogP contribution in [0.3, 0.4) is 0 Å². The number of nitrogens with zero attached hydrogens (tertiary/aromatic N) is 4. The maximum absolute atomic E-state index is 12.7. The van der Waals surface area contributed by atoms with Gasteiger partial charge in [0, 0.05) is 57.1 Å². The molecule has 2 aliphatic rings. The summed E-state index contributed by atoms with van der Waals surface area (Å²) in [7, 11) is 0. The monoisotopic (exact) mass is 462 g/mol. The van der Waals surface area contributed by atoms with Crippen molar-refractivity contribution in [2.24, 2.45) is 0 Å². The van der Waals surface area contributed by atoms with Gasteiger partial charge in [0.05, 0.1) is 4.92 Å². The van der Waals surface area contributed by atoms with Gasteiger partial charge in [-0.05, 0) is 54.5 Å². The lowest BCUT2D eigenvalue weighted by Gasteiger charge is -2.36. The quantitative estimate of drug-likeness (QED) is 0.341. The van der Waals surface area contributed by atoms with Crippen LogP contribution in [-0.4, -0.2) is 55.0 Å². The first-order valence-electron chi connectivity index (χ1n) is 12.3. The summed E-state index contributed by atoms with van der Waals surface area (Å²) in [6.07, 6.45) is 6.84. The minimum atomic E-state index is -0.285. The Kier molecular flexibility index (Phi) is 7.50. The largest absolute Gasteiger partial charge is 0.368 e. The highest BCUT2D eigenvalue weighted by atomic mass is 16.6. The van der Waals surface area contributed by atoms with Gasteiger partial charge < -0.3 is 14.7 Å². The van der Waals surface area contributed by atoms with E-state index in [2.05, 4.69) is 35.8 Å². The van der Waals surface area contributed by atoms with E-state index in [0.29, 0.717) is 37.8 Å². The molecule has 0 saturated carbocycles. The van der Waals surface area contributed by atoms with Crippen LogP contribution in [0.25, 0.3) is 6.08 Å². The van der Waals surface area contributed by atoms with Crippen molar-refractivity contribution in [3.05, 3.63) is 69.8 Å². The van der Waals surface area contributed by atoms with Crippen molar-refractivity contribution < 1.29 is 9.72 Å². The van der Waals surface area contributed by atoms with E-state index in [1.165, 1.54) is 12.0 Å². The molecular formula is C27H34N4O3. The first-order valence-corrected chi connectivity index (χ1v) is 12.3. The van der Waals surface area contributed by atoms with Crippen molar-refractivity contribution in [2.75, 3.05) is 49.1 Å². The molecule has 0 bridgehead atoms. The van der Waals surface area contributed by atoms with Crippen LogP contribution in [-0.2, 0) is 4.79 Å². The van der Waals surface area contributed by atoms with Gasteiger partial charge in [-0.25, -0.2) is 0 Å². The summed E-state index contributed by atoms with van der Waals surface area (Å²) in [5, 5.41) is 11.6. The number of piperazine rings is 1. The molecule has 0 N–H and O–H groups in total. The zero-order valence-corrected chi connectivity index (χ0v) is 20.2. The summed E-state index contributed by atoms with van der Waals surface area (Å²) in [6, 6.07) is 13.7. The molecule has 1 amide bonds. The minimum Gasteiger partial charge on any atom is -0.368 e. The molecule has 2 saturated heterocycles. The summed E-state index contributed by atoms with van der Waals surface area (Å²) in [5.74, 6) is 0.507. The Bertz CT molecular complexity index is 1030. The summed E-state index contributed by atoms with van der Waals surface area (Å²) in [4.78, 5) is 30.2. The number of nitro groups is 1. The molecule has 0 atom stereocenters. The highest BCUT2D eigenvalue weighted by Crippen LogP contribution is 2.34. The molecule has 7 heteroatoms. The Hall–Kier alpha value is -3.35. The number of amides is 1. The second kappa shape index (κ2) is 10.7. The standard InChI is InChI=1S/C27H34N4O3/c1-21(2)23-9-6-22(7-10-23)8-13-27(32)30-18-16-28(17-19-30)24-11-12-25(31(33)34)26(20-24)29-14-4-3-5-15-29/h6-13,20-21H,3-5,14-19H2,1-2H3/b13-8+. The number of hydrogen-bond donors (Lipinski definition) is 0. The van der Waals surface area contributed by atoms with Crippen LogP contribution in [0.5, 0.6) is 0 Å². The number of rotatable bonds is 6. The van der Waals surface area contributed by atoms with Crippen molar-refractivity contribution in [3.63, 3.8) is 0 Å². The molecule has 2 heterocycles. The number of hydrogen-bond acceptors (Lipinski definition) is 5. The predicted molar refractivity (Wildman–Crippen MR) is 138 cm³/mol. The Labute approximate surface area is 201 Å². The summed E-state index contributed by atoms with van der Waals surface area (Å²) in [6.45, 7) is 8.73. The maximum atomic E-state index is 12.7. The molecule has 7 nitrogen and oxygen atoms in total. The van der Waals surface area contributed by atoms with Gasteiger partial charge in [-0.2, -0.15) is 0 Å². The average molecular weight is 463 g/mol. The van der Waals surface area contributed by atoms with Gasteiger partial charge in [0.2, 0.25) is 5.91 Å². The first-order chi connectivity index (χ1) is 16.4. The third-order valence-corrected chi connectivity index (χ3v) is 6.83. The summed E-state index contributed by atoms with van der Waals surface area (Å²) < 4.78 is 0. The number of benzene rings is 2. The Morgan fingerprint density at radius 2 is 1.59 bits per heavy atom. The van der Waals surface area contributed by atoms with E-state index < -0.39 is 0 Å². The molecule has 0 spiro atoms. The van der Waals surface area contributed by atoms with Gasteiger partial charge in [-0.3, -0.25) is 14.9 Å². The molecule has 2 aromatic rings. The maximum Gasteiger partial charge on any atom is 0.292 e. The smallest absolute Gasteiger partial charge is 0.292 e. The van der Waals surface area contributed by atoms with E-state index in [0.717, 1.165) is 37.2 Å². The lowest BCUT2D eigenvalue weighted by Crippen LogP contribution is -2.48. The van der Waals surface area contributed by atoms with Crippen LogP contribution in [0.4, 0.5) is 17.1 Å². The fourth-order valence-electron chi connectivity index (χ4n) is 4.70. The van der Waals surface area contributed by atoms with Gasteiger partial charge in [-0.1, -0.05) is 38.1 Å². The Balaban J connectivity index is 1.38. The van der Waals surface area contributed by atoms with Crippen molar-refractivity contribution in [1.29, 1.82) is 0 Å². The molecule has 0 unspecified atom stereocenters. The number of nitro benzene ring substituents is 1. The lowest BCUT2D eigenvalue weighted by molar-refractivity contribution is -0.384. The molecule has 0 aromatic heterocycles. The zero-order chi connectivity index (χ0) is 24.1. The lowest BCUT2D eigenvalue weighted by atomic mass is 10.0. The van der Waals surface area contributed by atoms with Gasteiger partial charge in [-0.15, -0.1) is 0 Å². The van der Waals surface area contributed by atoms with Crippen molar-refractivity contribution in [2.45, 2.75) is 39.0 Å². The molecule has 34 heavy (non-hydrogen) atoms. The number of anilines is 2. The third kappa shape index (κ3) is 5.58. The Morgan fingerprint density at radius 3 is 2.21 bits per heavy atom. The fraction of sp³-hybridized carbons (Fsp3) is 0.444. The molecule has 2 fully saturated rings. The highest BCUT2D eigenvalue weighted by molar-refractivity contribution is 5.92. The van der Waals surface area contributed by atoms with E-state index in [1.54, 1.807) is 12.1 Å². The number of carbonyl (C=O) groups excluding carboxylic acids is 1. The van der Waals surface area contributed by atoms with Gasteiger partial charge >= 0.3 is 0 Å². The number of carbonyl (C=O) groups is 1. The van der Waals surface area contributed by atoms with Crippen LogP contribution in [0.1, 0.15) is 50.2 Å². The fourth-order valence-corrected chi connectivity index (χ4v) is 4.70. The minimum absolute atomic E-state index is 0.0188. The molecule has 2 aromatic carbocycles. The number of piperidine rings is 1. The van der Waals surface area contributed by atoms with E-state index in [-0.39, 0.29) is 16.5 Å². The topological polar surface area (TPSA) is 69.9 Å². The van der Waals surface area contributed by atoms with Crippen LogP contribution >= 0.6 is 0 Å². The van der Waals surface area contributed by atoms with E-state index in [1.807, 2.05) is 35.2 Å². The normalized spacial score (nSPS) is 17.0. The van der Waals surface area contributed by atoms with Crippen LogP contribution < -0.4 is 9.80 Å². The van der Waals surface area contributed by atoms with Gasteiger partial charge in [0.1, 0.15) is 5.69 Å². The molecule has 4 rings (SSSR count). The summed E-state index contributed by atoms with van der Waals surface area (Å²) >= 11 is 0. The molecular weight excluding hydrogens is 428 g/mol. The molecule has 0 radical (unpaired) electrons. The van der Waals surface area contributed by atoms with Crippen molar-refractivity contribution in [3.8, 4) is 0 Å². The molecule has 2 aliphatic heterocycles. The molecule has 0 aliphatic carbocycles. The predicted octanol–water partition coefficient (Wildman–Crippen LogP) is 5.07. The van der Waals surface area contributed by atoms with E-state index in [9.17, 15) is 14.9 Å². The van der Waals surface area contributed by atoms with Crippen molar-refractivity contribution >= 4 is 29.0 Å². The van der Waals surface area contributed by atoms with Crippen LogP contribution in [0.2, 0.25) is 0 Å². The van der Waals surface area contributed by atoms with E-state index >= 15 is 0 Å². The zero-order valence-electron chi connectivity index (χ0n) is 20.2. The SMILES string of the molecule is CC(C)c1ccc(/C=C/C(=O)N2CCN(c3ccc([N+](=O)[O-])c(N4CCCCC4)c3)CC2)cc1. The molecule has 180 valence electrons. The Morgan fingerprint density at radius 1 is 0.912 bits per heavy atom. The van der Waals surface area contributed by atoms with Crippen LogP contribution in [0, 0.1) is 10.1 Å². The average Bonchev–Trinajstić information content (AvgIpc) is 2.87. The van der Waals surface area contributed by atoms with Crippen LogP contribution in [0.15, 0.2) is 48.5 Å². The first kappa shape index (κ1) is 23.8.